The lowest BCUT2D eigenvalue weighted by Gasteiger charge is -2.24. The highest BCUT2D eigenvalue weighted by molar-refractivity contribution is 5.87. The number of aryl methyl sites for hydroxylation is 1. The number of fused-ring (bicyclic) bond motifs is 3. The van der Waals surface area contributed by atoms with Gasteiger partial charge in [0.15, 0.2) is 6.17 Å². The second-order valence-corrected chi connectivity index (χ2v) is 4.31. The van der Waals surface area contributed by atoms with E-state index in [1.165, 1.54) is 0 Å². The summed E-state index contributed by atoms with van der Waals surface area (Å²) in [5.41, 5.74) is 1.52. The van der Waals surface area contributed by atoms with Crippen LogP contribution in [-0.2, 0) is 6.42 Å². The van der Waals surface area contributed by atoms with Crippen molar-refractivity contribution < 1.29 is 8.78 Å². The lowest BCUT2D eigenvalue weighted by Crippen LogP contribution is -2.18. The molecule has 0 saturated heterocycles. The van der Waals surface area contributed by atoms with Gasteiger partial charge in [0.25, 0.3) is 0 Å². The molecule has 2 heteroatoms. The lowest BCUT2D eigenvalue weighted by molar-refractivity contribution is 0.149. The van der Waals surface area contributed by atoms with Crippen LogP contribution >= 0.6 is 0 Å². The summed E-state index contributed by atoms with van der Waals surface area (Å²) in [5, 5.41) is 2.17. The average Bonchev–Trinajstić information content (AvgIpc) is 2.33. The van der Waals surface area contributed by atoms with Gasteiger partial charge in [0.05, 0.1) is 0 Å². The molecule has 2 aromatic carbocycles. The molecule has 0 heterocycles. The third-order valence-electron chi connectivity index (χ3n) is 3.36. The molecule has 0 N–H and O–H groups in total. The summed E-state index contributed by atoms with van der Waals surface area (Å²) in [6.07, 6.45) is -1.86. The molecule has 2 aromatic rings. The number of alkyl halides is 2. The fourth-order valence-corrected chi connectivity index (χ4v) is 2.51. The summed E-state index contributed by atoms with van der Waals surface area (Å²) in [6, 6.07) is 11.5. The third kappa shape index (κ3) is 1.33. The molecule has 0 aromatic heterocycles. The first-order valence-electron chi connectivity index (χ1n) is 5.56. The van der Waals surface area contributed by atoms with Gasteiger partial charge in [-0.3, -0.25) is 0 Å². The van der Waals surface area contributed by atoms with Crippen LogP contribution in [0.4, 0.5) is 8.78 Å². The Labute approximate surface area is 92.9 Å². The fourth-order valence-electron chi connectivity index (χ4n) is 2.51. The van der Waals surface area contributed by atoms with Crippen LogP contribution in [0.2, 0.25) is 0 Å². The zero-order valence-electron chi connectivity index (χ0n) is 8.79. The number of hydrogen-bond acceptors (Lipinski definition) is 0. The zero-order chi connectivity index (χ0) is 11.1. The maximum absolute atomic E-state index is 13.7. The molecule has 0 radical (unpaired) electrons. The van der Waals surface area contributed by atoms with Gasteiger partial charge in [-0.15, -0.1) is 0 Å². The van der Waals surface area contributed by atoms with Gasteiger partial charge < -0.3 is 0 Å². The highest BCUT2D eigenvalue weighted by Gasteiger charge is 2.30. The summed E-state index contributed by atoms with van der Waals surface area (Å²) in [5.74, 6) is 0. The molecule has 1 aliphatic rings. The van der Waals surface area contributed by atoms with Gasteiger partial charge in [-0.1, -0.05) is 36.4 Å². The molecule has 1 aliphatic carbocycles. The van der Waals surface area contributed by atoms with E-state index in [2.05, 4.69) is 0 Å². The molecule has 82 valence electrons. The maximum atomic E-state index is 13.7. The van der Waals surface area contributed by atoms with E-state index >= 15 is 0 Å². The summed E-state index contributed by atoms with van der Waals surface area (Å²) < 4.78 is 27.0. The average molecular weight is 218 g/mol. The van der Waals surface area contributed by atoms with E-state index in [0.29, 0.717) is 18.4 Å². The molecule has 0 nitrogen and oxygen atoms in total. The van der Waals surface area contributed by atoms with E-state index in [-0.39, 0.29) is 0 Å². The predicted octanol–water partition coefficient (Wildman–Crippen LogP) is 4.13. The molecule has 0 spiro atoms. The van der Waals surface area contributed by atoms with Crippen molar-refractivity contribution in [3.8, 4) is 0 Å². The monoisotopic (exact) mass is 218 g/mol. The molecule has 0 aliphatic heterocycles. The second kappa shape index (κ2) is 3.55. The van der Waals surface area contributed by atoms with Gasteiger partial charge in [-0.05, 0) is 34.7 Å². The molecular weight excluding hydrogens is 206 g/mol. The van der Waals surface area contributed by atoms with E-state index in [9.17, 15) is 8.78 Å². The molecular formula is C14H12F2. The van der Waals surface area contributed by atoms with Gasteiger partial charge >= 0.3 is 0 Å². The molecule has 2 atom stereocenters. The van der Waals surface area contributed by atoms with Crippen LogP contribution in [0, 0.1) is 0 Å². The largest absolute Gasteiger partial charge is 0.244 e. The molecule has 3 rings (SSSR count). The smallest absolute Gasteiger partial charge is 0.156 e. The first-order valence-corrected chi connectivity index (χ1v) is 5.56. The van der Waals surface area contributed by atoms with Crippen molar-refractivity contribution in [1.82, 2.24) is 0 Å². The Morgan fingerprint density at radius 3 is 2.69 bits per heavy atom. The SMILES string of the molecule is FC1CCc2c(ccc3ccccc23)C1F. The number of halogens is 2. The summed E-state index contributed by atoms with van der Waals surface area (Å²) in [4.78, 5) is 0. The molecule has 2 unspecified atom stereocenters. The minimum absolute atomic E-state index is 0.294. The van der Waals surface area contributed by atoms with Crippen molar-refractivity contribution in [3.63, 3.8) is 0 Å². The normalized spacial score (nSPS) is 24.4. The topological polar surface area (TPSA) is 0 Å². The molecule has 0 bridgehead atoms. The highest BCUT2D eigenvalue weighted by atomic mass is 19.2. The van der Waals surface area contributed by atoms with E-state index in [1.807, 2.05) is 30.3 Å². The Kier molecular flexibility index (Phi) is 2.16. The van der Waals surface area contributed by atoms with Crippen LogP contribution in [0.15, 0.2) is 36.4 Å². The number of rotatable bonds is 0. The van der Waals surface area contributed by atoms with Crippen LogP contribution in [0.5, 0.6) is 0 Å². The van der Waals surface area contributed by atoms with E-state index in [1.54, 1.807) is 6.07 Å². The molecule has 0 amide bonds. The first-order chi connectivity index (χ1) is 7.77. The van der Waals surface area contributed by atoms with E-state index < -0.39 is 12.3 Å². The van der Waals surface area contributed by atoms with Crippen LogP contribution in [0.1, 0.15) is 23.7 Å². The third-order valence-corrected chi connectivity index (χ3v) is 3.36. The molecule has 16 heavy (non-hydrogen) atoms. The van der Waals surface area contributed by atoms with Crippen molar-refractivity contribution in [2.75, 3.05) is 0 Å². The molecule has 0 fully saturated rings. The zero-order valence-corrected chi connectivity index (χ0v) is 8.79. The Morgan fingerprint density at radius 2 is 1.81 bits per heavy atom. The van der Waals surface area contributed by atoms with Crippen LogP contribution in [0.3, 0.4) is 0 Å². The fraction of sp³-hybridized carbons (Fsp3) is 0.286. The Hall–Kier alpha value is -1.44. The van der Waals surface area contributed by atoms with Crippen molar-refractivity contribution in [2.24, 2.45) is 0 Å². The Bertz CT molecular complexity index is 533. The molecule has 0 saturated carbocycles. The van der Waals surface area contributed by atoms with E-state index in [0.717, 1.165) is 16.3 Å². The van der Waals surface area contributed by atoms with Gasteiger partial charge in [-0.25, -0.2) is 8.78 Å². The number of hydrogen-bond donors (Lipinski definition) is 0. The Morgan fingerprint density at radius 1 is 1.00 bits per heavy atom. The quantitative estimate of drug-likeness (QED) is 0.623. The van der Waals surface area contributed by atoms with Gasteiger partial charge in [0.1, 0.15) is 6.17 Å². The summed E-state index contributed by atoms with van der Waals surface area (Å²) >= 11 is 0. The summed E-state index contributed by atoms with van der Waals surface area (Å²) in [6.45, 7) is 0. The number of benzene rings is 2. The highest BCUT2D eigenvalue weighted by Crippen LogP contribution is 2.38. The first kappa shape index (κ1) is 9.76. The lowest BCUT2D eigenvalue weighted by atomic mass is 9.86. The van der Waals surface area contributed by atoms with Gasteiger partial charge in [0, 0.05) is 0 Å². The predicted molar refractivity (Wildman–Crippen MR) is 61.0 cm³/mol. The van der Waals surface area contributed by atoms with Crippen molar-refractivity contribution in [3.05, 3.63) is 47.5 Å². The van der Waals surface area contributed by atoms with Crippen LogP contribution < -0.4 is 0 Å². The maximum Gasteiger partial charge on any atom is 0.156 e. The van der Waals surface area contributed by atoms with Crippen LogP contribution in [0.25, 0.3) is 10.8 Å². The van der Waals surface area contributed by atoms with Crippen molar-refractivity contribution in [2.45, 2.75) is 25.2 Å². The van der Waals surface area contributed by atoms with Crippen molar-refractivity contribution >= 4 is 10.8 Å². The van der Waals surface area contributed by atoms with Crippen LogP contribution in [-0.4, -0.2) is 6.17 Å². The van der Waals surface area contributed by atoms with Gasteiger partial charge in [-0.2, -0.15) is 0 Å². The van der Waals surface area contributed by atoms with Gasteiger partial charge in [0.2, 0.25) is 0 Å². The minimum Gasteiger partial charge on any atom is -0.244 e. The van der Waals surface area contributed by atoms with Crippen molar-refractivity contribution in [1.29, 1.82) is 0 Å². The van der Waals surface area contributed by atoms with E-state index in [4.69, 9.17) is 0 Å². The summed E-state index contributed by atoms with van der Waals surface area (Å²) in [7, 11) is 0. The Balaban J connectivity index is 2.27. The second-order valence-electron chi connectivity index (χ2n) is 4.31. The standard InChI is InChI=1S/C14H12F2/c15-13-8-7-11-10-4-2-1-3-9(10)5-6-12(11)14(13)16/h1-6,13-14H,7-8H2. The minimum atomic E-state index is -1.45.